The summed E-state index contributed by atoms with van der Waals surface area (Å²) in [6, 6.07) is 3.03. The normalized spacial score (nSPS) is 32.3. The van der Waals surface area contributed by atoms with Gasteiger partial charge in [0.05, 0.1) is 6.07 Å². The van der Waals surface area contributed by atoms with Gasteiger partial charge in [-0.15, -0.1) is 0 Å². The summed E-state index contributed by atoms with van der Waals surface area (Å²) < 4.78 is 0. The molecular weight excluding hydrogens is 222 g/mol. The van der Waals surface area contributed by atoms with E-state index in [1.165, 1.54) is 45.1 Å². The number of likely N-dealkylation sites (tertiary alicyclic amines) is 1. The zero-order chi connectivity index (χ0) is 13.0. The van der Waals surface area contributed by atoms with Crippen LogP contribution in [0, 0.1) is 17.2 Å². The second-order valence-electron chi connectivity index (χ2n) is 6.42. The molecule has 1 heterocycles. The minimum absolute atomic E-state index is 0.637. The summed E-state index contributed by atoms with van der Waals surface area (Å²) in [5.74, 6) is 0.952. The van der Waals surface area contributed by atoms with Crippen LogP contribution < -0.4 is 5.73 Å². The van der Waals surface area contributed by atoms with Crippen LogP contribution in [0.25, 0.3) is 0 Å². The van der Waals surface area contributed by atoms with Gasteiger partial charge in [-0.2, -0.15) is 5.26 Å². The molecular formula is C15H27N3. The van der Waals surface area contributed by atoms with E-state index in [0.717, 1.165) is 31.3 Å². The van der Waals surface area contributed by atoms with Crippen molar-refractivity contribution in [3.05, 3.63) is 0 Å². The monoisotopic (exact) mass is 249 g/mol. The molecule has 2 N–H and O–H groups in total. The number of piperidine rings is 1. The molecule has 2 rings (SSSR count). The Kier molecular flexibility index (Phi) is 4.64. The summed E-state index contributed by atoms with van der Waals surface area (Å²) in [6.45, 7) is 4.23. The maximum absolute atomic E-state index is 8.93. The third kappa shape index (κ3) is 3.46. The first kappa shape index (κ1) is 13.8. The molecule has 0 amide bonds. The van der Waals surface area contributed by atoms with Gasteiger partial charge in [-0.1, -0.05) is 12.8 Å². The van der Waals surface area contributed by atoms with Crippen molar-refractivity contribution in [1.29, 1.82) is 5.26 Å². The molecule has 3 atom stereocenters. The lowest BCUT2D eigenvalue weighted by molar-refractivity contribution is 0.0589. The predicted molar refractivity (Wildman–Crippen MR) is 74.0 cm³/mol. The molecule has 1 saturated heterocycles. The Labute approximate surface area is 111 Å². The summed E-state index contributed by atoms with van der Waals surface area (Å²) in [5, 5.41) is 8.93. The molecule has 0 aromatic carbocycles. The van der Waals surface area contributed by atoms with Crippen molar-refractivity contribution in [3.8, 4) is 6.07 Å². The Balaban J connectivity index is 1.79. The molecule has 0 spiro atoms. The standard InChI is InChI=1S/C15H27N3/c1-15(17,12-16)9-5-11-18-10-4-7-13-6-2-3-8-14(13)18/h13-14H,2-11,17H2,1H3/t13-,14-,15?/m1/s1. The molecule has 0 bridgehead atoms. The smallest absolute Gasteiger partial charge is 0.101 e. The summed E-state index contributed by atoms with van der Waals surface area (Å²) in [6.07, 6.45) is 10.3. The molecule has 3 heteroatoms. The Bertz CT molecular complexity index is 303. The lowest BCUT2D eigenvalue weighted by Crippen LogP contribution is -2.47. The van der Waals surface area contributed by atoms with Crippen molar-refractivity contribution in [1.82, 2.24) is 4.90 Å². The highest BCUT2D eigenvalue weighted by Crippen LogP contribution is 2.35. The lowest BCUT2D eigenvalue weighted by atomic mass is 9.78. The molecule has 1 saturated carbocycles. The van der Waals surface area contributed by atoms with Gasteiger partial charge in [-0.3, -0.25) is 0 Å². The van der Waals surface area contributed by atoms with Crippen molar-refractivity contribution in [3.63, 3.8) is 0 Å². The van der Waals surface area contributed by atoms with Crippen LogP contribution in [0.3, 0.4) is 0 Å². The molecule has 3 nitrogen and oxygen atoms in total. The maximum atomic E-state index is 8.93. The van der Waals surface area contributed by atoms with Gasteiger partial charge in [0.15, 0.2) is 0 Å². The highest BCUT2D eigenvalue weighted by Gasteiger charge is 2.32. The van der Waals surface area contributed by atoms with Crippen molar-refractivity contribution in [2.24, 2.45) is 11.7 Å². The van der Waals surface area contributed by atoms with Crippen LogP contribution >= 0.6 is 0 Å². The van der Waals surface area contributed by atoms with Gasteiger partial charge in [-0.05, 0) is 64.5 Å². The quantitative estimate of drug-likeness (QED) is 0.833. The molecule has 1 aliphatic carbocycles. The number of nitriles is 1. The molecule has 2 aliphatic rings. The van der Waals surface area contributed by atoms with Crippen LogP contribution in [0.5, 0.6) is 0 Å². The van der Waals surface area contributed by atoms with Crippen LogP contribution in [0.15, 0.2) is 0 Å². The van der Waals surface area contributed by atoms with Gasteiger partial charge >= 0.3 is 0 Å². The number of nitrogens with zero attached hydrogens (tertiary/aromatic N) is 2. The van der Waals surface area contributed by atoms with Gasteiger partial charge in [-0.25, -0.2) is 0 Å². The first-order valence-electron chi connectivity index (χ1n) is 7.56. The highest BCUT2D eigenvalue weighted by molar-refractivity contribution is 5.00. The molecule has 0 radical (unpaired) electrons. The van der Waals surface area contributed by atoms with E-state index >= 15 is 0 Å². The second kappa shape index (κ2) is 6.04. The second-order valence-corrected chi connectivity index (χ2v) is 6.42. The largest absolute Gasteiger partial charge is 0.314 e. The Hall–Kier alpha value is -0.590. The third-order valence-electron chi connectivity index (χ3n) is 4.76. The van der Waals surface area contributed by atoms with Crippen LogP contribution in [0.4, 0.5) is 0 Å². The predicted octanol–water partition coefficient (Wildman–Crippen LogP) is 2.66. The highest BCUT2D eigenvalue weighted by atomic mass is 15.2. The fraction of sp³-hybridized carbons (Fsp3) is 0.933. The summed E-state index contributed by atoms with van der Waals surface area (Å²) >= 11 is 0. The molecule has 2 fully saturated rings. The van der Waals surface area contributed by atoms with E-state index in [2.05, 4.69) is 11.0 Å². The van der Waals surface area contributed by atoms with E-state index in [1.54, 1.807) is 0 Å². The van der Waals surface area contributed by atoms with Crippen molar-refractivity contribution in [2.75, 3.05) is 13.1 Å². The minimum atomic E-state index is -0.637. The van der Waals surface area contributed by atoms with Crippen LogP contribution in [-0.4, -0.2) is 29.6 Å². The fourth-order valence-electron chi connectivity index (χ4n) is 3.71. The van der Waals surface area contributed by atoms with E-state index in [1.807, 2.05) is 6.92 Å². The average Bonchev–Trinajstić information content (AvgIpc) is 2.39. The zero-order valence-electron chi connectivity index (χ0n) is 11.7. The average molecular weight is 249 g/mol. The molecule has 18 heavy (non-hydrogen) atoms. The number of fused-ring (bicyclic) bond motifs is 1. The topological polar surface area (TPSA) is 53.1 Å². The van der Waals surface area contributed by atoms with E-state index < -0.39 is 5.54 Å². The molecule has 0 aromatic heterocycles. The Morgan fingerprint density at radius 1 is 1.28 bits per heavy atom. The summed E-state index contributed by atoms with van der Waals surface area (Å²) in [5.41, 5.74) is 5.25. The Morgan fingerprint density at radius 2 is 2.00 bits per heavy atom. The third-order valence-corrected chi connectivity index (χ3v) is 4.76. The van der Waals surface area contributed by atoms with Crippen molar-refractivity contribution >= 4 is 0 Å². The molecule has 102 valence electrons. The first-order valence-corrected chi connectivity index (χ1v) is 7.56. The van der Waals surface area contributed by atoms with E-state index in [0.29, 0.717) is 0 Å². The van der Waals surface area contributed by atoms with Gasteiger partial charge in [0, 0.05) is 6.04 Å². The Morgan fingerprint density at radius 3 is 2.78 bits per heavy atom. The van der Waals surface area contributed by atoms with Crippen LogP contribution in [-0.2, 0) is 0 Å². The van der Waals surface area contributed by atoms with Gasteiger partial charge in [0.25, 0.3) is 0 Å². The van der Waals surface area contributed by atoms with E-state index in [-0.39, 0.29) is 0 Å². The molecule has 1 unspecified atom stereocenters. The minimum Gasteiger partial charge on any atom is -0.314 e. The van der Waals surface area contributed by atoms with E-state index in [9.17, 15) is 0 Å². The zero-order valence-corrected chi connectivity index (χ0v) is 11.7. The van der Waals surface area contributed by atoms with Crippen molar-refractivity contribution in [2.45, 2.75) is 69.9 Å². The maximum Gasteiger partial charge on any atom is 0.101 e. The van der Waals surface area contributed by atoms with E-state index in [4.69, 9.17) is 11.0 Å². The summed E-state index contributed by atoms with van der Waals surface area (Å²) in [4.78, 5) is 2.68. The fourth-order valence-corrected chi connectivity index (χ4v) is 3.71. The van der Waals surface area contributed by atoms with Gasteiger partial charge in [0.2, 0.25) is 0 Å². The number of hydrogen-bond acceptors (Lipinski definition) is 3. The van der Waals surface area contributed by atoms with Crippen molar-refractivity contribution < 1.29 is 0 Å². The molecule has 1 aliphatic heterocycles. The molecule has 0 aromatic rings. The van der Waals surface area contributed by atoms with Gasteiger partial charge < -0.3 is 10.6 Å². The number of hydrogen-bond donors (Lipinski definition) is 1. The number of rotatable bonds is 4. The lowest BCUT2D eigenvalue weighted by Gasteiger charge is -2.44. The number of nitrogens with two attached hydrogens (primary N) is 1. The SMILES string of the molecule is CC(N)(C#N)CCCN1CCC[C@H]2CCCC[C@H]21. The first-order chi connectivity index (χ1) is 8.62. The summed E-state index contributed by atoms with van der Waals surface area (Å²) in [7, 11) is 0. The van der Waals surface area contributed by atoms with Crippen LogP contribution in [0.1, 0.15) is 58.3 Å². The van der Waals surface area contributed by atoms with Gasteiger partial charge in [0.1, 0.15) is 5.54 Å². The van der Waals surface area contributed by atoms with Crippen LogP contribution in [0.2, 0.25) is 0 Å².